The van der Waals surface area contributed by atoms with E-state index in [9.17, 15) is 19.8 Å². The van der Waals surface area contributed by atoms with Crippen LogP contribution in [0.5, 0.6) is 0 Å². The standard InChI is InChI=1S/C16H20N2O5/c19-8-6-13(20)14(21)15(22)16(23)17-7-5-10-9-18-12-4-2-1-3-11(10)12/h1-4,9,13-14,18-21H,5-8H2,(H,17,23)/t13-,14+/m1/s1. The van der Waals surface area contributed by atoms with Crippen molar-refractivity contribution in [2.45, 2.75) is 25.0 Å². The molecular weight excluding hydrogens is 300 g/mol. The van der Waals surface area contributed by atoms with Crippen molar-refractivity contribution in [3.63, 3.8) is 0 Å². The van der Waals surface area contributed by atoms with Crippen molar-refractivity contribution in [2.24, 2.45) is 0 Å². The van der Waals surface area contributed by atoms with Gasteiger partial charge in [-0.25, -0.2) is 0 Å². The Morgan fingerprint density at radius 1 is 1.22 bits per heavy atom. The van der Waals surface area contributed by atoms with Gasteiger partial charge < -0.3 is 25.6 Å². The molecule has 0 saturated heterocycles. The van der Waals surface area contributed by atoms with Crippen LogP contribution in [-0.4, -0.2) is 57.4 Å². The second-order valence-corrected chi connectivity index (χ2v) is 5.25. The van der Waals surface area contributed by atoms with Crippen molar-refractivity contribution >= 4 is 22.6 Å². The minimum Gasteiger partial charge on any atom is -0.396 e. The maximum atomic E-state index is 11.7. The summed E-state index contributed by atoms with van der Waals surface area (Å²) in [6, 6.07) is 7.74. The number of amides is 1. The van der Waals surface area contributed by atoms with E-state index in [1.807, 2.05) is 30.5 Å². The lowest BCUT2D eigenvalue weighted by molar-refractivity contribution is -0.146. The molecule has 1 heterocycles. The van der Waals surface area contributed by atoms with Crippen molar-refractivity contribution in [3.05, 3.63) is 36.0 Å². The molecule has 1 amide bonds. The highest BCUT2D eigenvalue weighted by atomic mass is 16.3. The SMILES string of the molecule is O=C(NCCc1c[nH]c2ccccc12)C(=O)[C@@H](O)[C@H](O)CCO. The number of aromatic nitrogens is 1. The van der Waals surface area contributed by atoms with Crippen molar-refractivity contribution < 1.29 is 24.9 Å². The second kappa shape index (κ2) is 7.87. The van der Waals surface area contributed by atoms with E-state index in [-0.39, 0.29) is 19.6 Å². The van der Waals surface area contributed by atoms with Gasteiger partial charge in [-0.3, -0.25) is 9.59 Å². The highest BCUT2D eigenvalue weighted by Crippen LogP contribution is 2.17. The Balaban J connectivity index is 1.86. The van der Waals surface area contributed by atoms with Gasteiger partial charge in [0.1, 0.15) is 6.10 Å². The third kappa shape index (κ3) is 4.16. The van der Waals surface area contributed by atoms with Crippen LogP contribution in [0, 0.1) is 0 Å². The minimum atomic E-state index is -1.82. The molecular formula is C16H20N2O5. The molecule has 7 heteroatoms. The number of H-pyrrole nitrogens is 1. The Bertz CT molecular complexity index is 682. The molecule has 2 rings (SSSR count). The zero-order valence-corrected chi connectivity index (χ0v) is 12.5. The first kappa shape index (κ1) is 17.1. The van der Waals surface area contributed by atoms with E-state index in [4.69, 9.17) is 5.11 Å². The molecule has 0 aliphatic carbocycles. The number of nitrogens with one attached hydrogen (secondary N) is 2. The molecule has 2 atom stereocenters. The number of carbonyl (C=O) groups excluding carboxylic acids is 2. The first-order valence-electron chi connectivity index (χ1n) is 7.38. The van der Waals surface area contributed by atoms with Gasteiger partial charge in [0.15, 0.2) is 0 Å². The van der Waals surface area contributed by atoms with Crippen LogP contribution in [0.25, 0.3) is 10.9 Å². The molecule has 2 aromatic rings. The van der Waals surface area contributed by atoms with Gasteiger partial charge in [0.05, 0.1) is 6.10 Å². The highest BCUT2D eigenvalue weighted by Gasteiger charge is 2.28. The number of aliphatic hydroxyl groups excluding tert-OH is 3. The van der Waals surface area contributed by atoms with Crippen molar-refractivity contribution in [1.82, 2.24) is 10.3 Å². The van der Waals surface area contributed by atoms with E-state index in [0.29, 0.717) is 6.42 Å². The number of aromatic amines is 1. The quantitative estimate of drug-likeness (QED) is 0.420. The summed E-state index contributed by atoms with van der Waals surface area (Å²) >= 11 is 0. The summed E-state index contributed by atoms with van der Waals surface area (Å²) in [6.45, 7) is -0.150. The third-order valence-electron chi connectivity index (χ3n) is 3.64. The fourth-order valence-electron chi connectivity index (χ4n) is 2.34. The Hall–Kier alpha value is -2.22. The number of ketones is 1. The number of fused-ring (bicyclic) bond motifs is 1. The van der Waals surface area contributed by atoms with Crippen molar-refractivity contribution in [3.8, 4) is 0 Å². The number of hydrogen-bond acceptors (Lipinski definition) is 5. The van der Waals surface area contributed by atoms with Gasteiger partial charge in [-0.1, -0.05) is 18.2 Å². The minimum absolute atomic E-state index is 0.171. The molecule has 5 N–H and O–H groups in total. The van der Waals surface area contributed by atoms with E-state index in [0.717, 1.165) is 16.5 Å². The number of benzene rings is 1. The first-order valence-corrected chi connectivity index (χ1v) is 7.38. The van der Waals surface area contributed by atoms with E-state index >= 15 is 0 Å². The molecule has 0 aliphatic rings. The van der Waals surface area contributed by atoms with Crippen LogP contribution in [0.1, 0.15) is 12.0 Å². The van der Waals surface area contributed by atoms with Crippen LogP contribution >= 0.6 is 0 Å². The molecule has 1 aromatic carbocycles. The van der Waals surface area contributed by atoms with E-state index in [1.54, 1.807) is 0 Å². The lowest BCUT2D eigenvalue weighted by atomic mass is 10.1. The molecule has 0 saturated carbocycles. The van der Waals surface area contributed by atoms with E-state index in [1.165, 1.54) is 0 Å². The zero-order chi connectivity index (χ0) is 16.8. The summed E-state index contributed by atoms with van der Waals surface area (Å²) in [6.07, 6.45) is -1.08. The maximum Gasteiger partial charge on any atom is 0.290 e. The molecule has 1 aromatic heterocycles. The van der Waals surface area contributed by atoms with Gasteiger partial charge in [0.2, 0.25) is 0 Å². The average molecular weight is 320 g/mol. The number of para-hydroxylation sites is 1. The predicted molar refractivity (Wildman–Crippen MR) is 83.7 cm³/mol. The zero-order valence-electron chi connectivity index (χ0n) is 12.5. The van der Waals surface area contributed by atoms with Gasteiger partial charge >= 0.3 is 0 Å². The number of aliphatic hydroxyl groups is 3. The molecule has 0 fully saturated rings. The summed E-state index contributed by atoms with van der Waals surface area (Å²) in [4.78, 5) is 26.5. The number of hydrogen-bond donors (Lipinski definition) is 5. The Labute approximate surface area is 132 Å². The van der Waals surface area contributed by atoms with Crippen LogP contribution in [-0.2, 0) is 16.0 Å². The summed E-state index contributed by atoms with van der Waals surface area (Å²) in [5.41, 5.74) is 2.00. The average Bonchev–Trinajstić information content (AvgIpc) is 2.97. The van der Waals surface area contributed by atoms with Gasteiger partial charge in [-0.05, 0) is 24.5 Å². The van der Waals surface area contributed by atoms with Gasteiger partial charge in [-0.15, -0.1) is 0 Å². The summed E-state index contributed by atoms with van der Waals surface area (Å²) in [5, 5.41) is 31.1. The molecule has 23 heavy (non-hydrogen) atoms. The summed E-state index contributed by atoms with van der Waals surface area (Å²) in [5.74, 6) is -2.06. The maximum absolute atomic E-state index is 11.7. The molecule has 0 radical (unpaired) electrons. The first-order chi connectivity index (χ1) is 11.0. The Kier molecular flexibility index (Phi) is 5.86. The monoisotopic (exact) mass is 320 g/mol. The number of carbonyl (C=O) groups is 2. The molecule has 0 aliphatic heterocycles. The molecule has 0 bridgehead atoms. The molecule has 7 nitrogen and oxygen atoms in total. The number of Topliss-reactive ketones (excluding diaryl/α,β-unsaturated/α-hetero) is 1. The molecule has 0 spiro atoms. The Morgan fingerprint density at radius 3 is 2.70 bits per heavy atom. The topological polar surface area (TPSA) is 123 Å². The van der Waals surface area contributed by atoms with Gasteiger partial charge in [0, 0.05) is 30.3 Å². The van der Waals surface area contributed by atoms with Gasteiger partial charge in [-0.2, -0.15) is 0 Å². The summed E-state index contributed by atoms with van der Waals surface area (Å²) in [7, 11) is 0. The summed E-state index contributed by atoms with van der Waals surface area (Å²) < 4.78 is 0. The lowest BCUT2D eigenvalue weighted by Gasteiger charge is -2.15. The fourth-order valence-corrected chi connectivity index (χ4v) is 2.34. The van der Waals surface area contributed by atoms with Gasteiger partial charge in [0.25, 0.3) is 11.7 Å². The Morgan fingerprint density at radius 2 is 1.96 bits per heavy atom. The van der Waals surface area contributed by atoms with Crippen LogP contribution in [0.4, 0.5) is 0 Å². The van der Waals surface area contributed by atoms with Crippen LogP contribution in [0.15, 0.2) is 30.5 Å². The number of rotatable bonds is 8. The van der Waals surface area contributed by atoms with E-state index in [2.05, 4.69) is 10.3 Å². The van der Waals surface area contributed by atoms with E-state index < -0.39 is 23.9 Å². The third-order valence-corrected chi connectivity index (χ3v) is 3.64. The highest BCUT2D eigenvalue weighted by molar-refractivity contribution is 6.37. The fraction of sp³-hybridized carbons (Fsp3) is 0.375. The van der Waals surface area contributed by atoms with Crippen molar-refractivity contribution in [2.75, 3.05) is 13.2 Å². The van der Waals surface area contributed by atoms with Crippen LogP contribution in [0.2, 0.25) is 0 Å². The smallest absolute Gasteiger partial charge is 0.290 e. The normalized spacial score (nSPS) is 13.7. The van der Waals surface area contributed by atoms with Crippen molar-refractivity contribution in [1.29, 1.82) is 0 Å². The van der Waals surface area contributed by atoms with Crippen LogP contribution < -0.4 is 5.32 Å². The second-order valence-electron chi connectivity index (χ2n) is 5.25. The predicted octanol–water partition coefficient (Wildman–Crippen LogP) is -0.500. The molecule has 124 valence electrons. The largest absolute Gasteiger partial charge is 0.396 e. The molecule has 0 unspecified atom stereocenters. The van der Waals surface area contributed by atoms with Crippen LogP contribution in [0.3, 0.4) is 0 Å². The lowest BCUT2D eigenvalue weighted by Crippen LogP contribution is -2.44.